The molecule has 0 radical (unpaired) electrons. The number of amides is 1. The minimum Gasteiger partial charge on any atom is -0.366 e. The SMILES string of the molecule is NC(=O)c1ccc(F)cc1Br.O=S(=O)(O)/C=C/c1ccc(Cl)c(Cl)c1. The summed E-state index contributed by atoms with van der Waals surface area (Å²) in [6.07, 6.45) is 1.22. The monoisotopic (exact) mass is 469 g/mol. The van der Waals surface area contributed by atoms with E-state index in [-0.39, 0.29) is 5.56 Å². The molecule has 0 bridgehead atoms. The maximum atomic E-state index is 12.4. The number of primary amides is 1. The number of benzene rings is 2. The Hall–Kier alpha value is -1.45. The minimum atomic E-state index is -4.10. The van der Waals surface area contributed by atoms with Gasteiger partial charge < -0.3 is 5.73 Å². The molecule has 2 aromatic rings. The molecule has 0 spiro atoms. The van der Waals surface area contributed by atoms with Crippen molar-refractivity contribution in [1.29, 1.82) is 0 Å². The number of carbonyl (C=O) groups excluding carboxylic acids is 1. The van der Waals surface area contributed by atoms with Crippen molar-refractivity contribution >= 4 is 61.2 Å². The van der Waals surface area contributed by atoms with E-state index in [1.807, 2.05) is 0 Å². The van der Waals surface area contributed by atoms with Gasteiger partial charge >= 0.3 is 0 Å². The first-order valence-electron chi connectivity index (χ1n) is 6.35. The average molecular weight is 471 g/mol. The molecule has 0 aliphatic heterocycles. The fourth-order valence-electron chi connectivity index (χ4n) is 1.47. The normalized spacial score (nSPS) is 11.1. The molecule has 10 heteroatoms. The summed E-state index contributed by atoms with van der Waals surface area (Å²) in [5.41, 5.74) is 5.80. The number of halogens is 4. The van der Waals surface area contributed by atoms with Gasteiger partial charge in [-0.1, -0.05) is 29.3 Å². The van der Waals surface area contributed by atoms with Crippen LogP contribution in [-0.2, 0) is 10.1 Å². The van der Waals surface area contributed by atoms with Crippen LogP contribution < -0.4 is 5.73 Å². The molecular formula is C15H11BrCl2FNO4S. The van der Waals surface area contributed by atoms with Gasteiger partial charge in [0.05, 0.1) is 21.0 Å². The van der Waals surface area contributed by atoms with E-state index in [9.17, 15) is 17.6 Å². The highest BCUT2D eigenvalue weighted by molar-refractivity contribution is 9.10. The molecule has 5 nitrogen and oxygen atoms in total. The average Bonchev–Trinajstić information content (AvgIpc) is 2.48. The van der Waals surface area contributed by atoms with Gasteiger partial charge in [-0.05, 0) is 57.9 Å². The van der Waals surface area contributed by atoms with Crippen molar-refractivity contribution in [3.63, 3.8) is 0 Å². The molecule has 134 valence electrons. The second-order valence-electron chi connectivity index (χ2n) is 4.48. The van der Waals surface area contributed by atoms with E-state index < -0.39 is 21.8 Å². The zero-order valence-corrected chi connectivity index (χ0v) is 16.2. The standard InChI is InChI=1S/C8H6Cl2O3S.C7H5BrFNO/c9-7-2-1-6(5-8(7)10)3-4-14(11,12)13;8-6-3-4(9)1-2-5(6)7(10)11/h1-5H,(H,11,12,13);1-3H,(H2,10,11)/b4-3+;. The Bertz CT molecular complexity index is 920. The summed E-state index contributed by atoms with van der Waals surface area (Å²) in [6.45, 7) is 0. The third-order valence-electron chi connectivity index (χ3n) is 2.57. The lowest BCUT2D eigenvalue weighted by Crippen LogP contribution is -2.11. The molecule has 1 amide bonds. The van der Waals surface area contributed by atoms with Gasteiger partial charge in [-0.2, -0.15) is 8.42 Å². The lowest BCUT2D eigenvalue weighted by Gasteiger charge is -1.97. The van der Waals surface area contributed by atoms with Crippen molar-refractivity contribution < 1.29 is 22.2 Å². The van der Waals surface area contributed by atoms with Crippen molar-refractivity contribution in [1.82, 2.24) is 0 Å². The fourth-order valence-corrected chi connectivity index (χ4v) is 2.65. The third-order valence-corrected chi connectivity index (χ3v) is 4.45. The number of nitrogens with two attached hydrogens (primary N) is 1. The van der Waals surface area contributed by atoms with E-state index >= 15 is 0 Å². The summed E-state index contributed by atoms with van der Waals surface area (Å²) in [5.74, 6) is -0.973. The molecule has 0 heterocycles. The lowest BCUT2D eigenvalue weighted by molar-refractivity contribution is 0.0999. The smallest absolute Gasteiger partial charge is 0.287 e. The minimum absolute atomic E-state index is 0.284. The Kier molecular flexibility index (Phi) is 8.04. The Morgan fingerprint density at radius 2 is 1.80 bits per heavy atom. The van der Waals surface area contributed by atoms with Gasteiger partial charge in [-0.15, -0.1) is 0 Å². The molecule has 25 heavy (non-hydrogen) atoms. The Morgan fingerprint density at radius 3 is 2.28 bits per heavy atom. The van der Waals surface area contributed by atoms with Gasteiger partial charge in [-0.3, -0.25) is 9.35 Å². The molecule has 0 fully saturated rings. The van der Waals surface area contributed by atoms with E-state index in [0.29, 0.717) is 25.5 Å². The van der Waals surface area contributed by atoms with Crippen LogP contribution in [0.4, 0.5) is 4.39 Å². The van der Waals surface area contributed by atoms with Crippen LogP contribution in [-0.4, -0.2) is 18.9 Å². The van der Waals surface area contributed by atoms with E-state index in [2.05, 4.69) is 15.9 Å². The van der Waals surface area contributed by atoms with Crippen molar-refractivity contribution in [3.8, 4) is 0 Å². The number of carbonyl (C=O) groups is 1. The highest BCUT2D eigenvalue weighted by Crippen LogP contribution is 2.23. The topological polar surface area (TPSA) is 97.5 Å². The summed E-state index contributed by atoms with van der Waals surface area (Å²) >= 11 is 14.3. The van der Waals surface area contributed by atoms with E-state index in [0.717, 1.165) is 0 Å². The van der Waals surface area contributed by atoms with Gasteiger partial charge in [-0.25, -0.2) is 4.39 Å². The first-order chi connectivity index (χ1) is 11.5. The number of hydrogen-bond acceptors (Lipinski definition) is 3. The first-order valence-corrected chi connectivity index (χ1v) is 9.40. The van der Waals surface area contributed by atoms with Crippen LogP contribution in [0, 0.1) is 5.82 Å². The fraction of sp³-hybridized carbons (Fsp3) is 0. The second-order valence-corrected chi connectivity index (χ2v) is 7.45. The van der Waals surface area contributed by atoms with Crippen LogP contribution in [0.5, 0.6) is 0 Å². The largest absolute Gasteiger partial charge is 0.366 e. The predicted molar refractivity (Wildman–Crippen MR) is 99.7 cm³/mol. The van der Waals surface area contributed by atoms with E-state index in [1.165, 1.54) is 36.4 Å². The number of hydrogen-bond donors (Lipinski definition) is 2. The highest BCUT2D eigenvalue weighted by Gasteiger charge is 2.05. The summed E-state index contributed by atoms with van der Waals surface area (Å²) in [7, 11) is -4.10. The molecule has 0 saturated heterocycles. The van der Waals surface area contributed by atoms with Gasteiger partial charge in [0.15, 0.2) is 0 Å². The first kappa shape index (κ1) is 21.6. The summed E-state index contributed by atoms with van der Waals surface area (Å²) in [5, 5.41) is 1.38. The molecule has 0 saturated carbocycles. The molecule has 0 atom stereocenters. The predicted octanol–water partition coefficient (Wildman–Crippen LogP) is 4.54. The Balaban J connectivity index is 0.000000257. The van der Waals surface area contributed by atoms with Gasteiger partial charge in [0, 0.05) is 4.47 Å². The molecular weight excluding hydrogens is 460 g/mol. The second kappa shape index (κ2) is 9.30. The van der Waals surface area contributed by atoms with Crippen LogP contribution in [0.2, 0.25) is 10.0 Å². The summed E-state index contributed by atoms with van der Waals surface area (Å²) < 4.78 is 42.0. The third kappa shape index (κ3) is 7.98. The maximum Gasteiger partial charge on any atom is 0.287 e. The van der Waals surface area contributed by atoms with Crippen molar-refractivity contribution in [3.05, 3.63) is 73.3 Å². The Labute approximate surface area is 162 Å². The highest BCUT2D eigenvalue weighted by atomic mass is 79.9. The summed E-state index contributed by atoms with van der Waals surface area (Å²) in [4.78, 5) is 10.6. The zero-order chi connectivity index (χ0) is 19.2. The Morgan fingerprint density at radius 1 is 1.16 bits per heavy atom. The van der Waals surface area contributed by atoms with Crippen molar-refractivity contribution in [2.75, 3.05) is 0 Å². The number of rotatable bonds is 3. The molecule has 0 aromatic heterocycles. The van der Waals surface area contributed by atoms with Crippen molar-refractivity contribution in [2.45, 2.75) is 0 Å². The van der Waals surface area contributed by atoms with Gasteiger partial charge in [0.25, 0.3) is 10.1 Å². The quantitative estimate of drug-likeness (QED) is 0.643. The van der Waals surface area contributed by atoms with Crippen LogP contribution >= 0.6 is 39.1 Å². The summed E-state index contributed by atoms with van der Waals surface area (Å²) in [6, 6.07) is 8.32. The van der Waals surface area contributed by atoms with Crippen LogP contribution in [0.1, 0.15) is 15.9 Å². The molecule has 3 N–H and O–H groups in total. The molecule has 2 aromatic carbocycles. The van der Waals surface area contributed by atoms with E-state index in [1.54, 1.807) is 6.07 Å². The van der Waals surface area contributed by atoms with Crippen LogP contribution in [0.3, 0.4) is 0 Å². The van der Waals surface area contributed by atoms with Gasteiger partial charge in [0.1, 0.15) is 5.82 Å². The zero-order valence-electron chi connectivity index (χ0n) is 12.3. The molecule has 0 unspecified atom stereocenters. The molecule has 0 aliphatic rings. The van der Waals surface area contributed by atoms with Gasteiger partial charge in [0.2, 0.25) is 5.91 Å². The maximum absolute atomic E-state index is 12.4. The molecule has 2 rings (SSSR count). The van der Waals surface area contributed by atoms with E-state index in [4.69, 9.17) is 33.5 Å². The van der Waals surface area contributed by atoms with Crippen molar-refractivity contribution in [2.24, 2.45) is 5.73 Å². The van der Waals surface area contributed by atoms with Crippen LogP contribution in [0.25, 0.3) is 6.08 Å². The lowest BCUT2D eigenvalue weighted by atomic mass is 10.2. The van der Waals surface area contributed by atoms with Crippen LogP contribution in [0.15, 0.2) is 46.3 Å². The molecule has 0 aliphatic carbocycles.